The largest absolute Gasteiger partial charge is 0.401 e. The Labute approximate surface area is 105 Å². The van der Waals surface area contributed by atoms with Gasteiger partial charge >= 0.3 is 0 Å². The van der Waals surface area contributed by atoms with Gasteiger partial charge in [-0.05, 0) is 18.8 Å². The van der Waals surface area contributed by atoms with E-state index in [0.29, 0.717) is 11.6 Å². The Balaban J connectivity index is 2.66. The number of carbonyl (C=O) groups is 1. The fraction of sp³-hybridized carbons (Fsp3) is 0.786. The quantitative estimate of drug-likeness (QED) is 0.794. The average Bonchev–Trinajstić information content (AvgIpc) is 2.25. The normalized spacial score (nSPS) is 19.7. The molecule has 1 amide bonds. The number of hydrogen-bond acceptors (Lipinski definition) is 2. The van der Waals surface area contributed by atoms with Crippen molar-refractivity contribution >= 4 is 5.91 Å². The van der Waals surface area contributed by atoms with Gasteiger partial charge < -0.3 is 11.1 Å². The number of nitrogens with one attached hydrogen (secondary N) is 1. The smallest absolute Gasteiger partial charge is 0.225 e. The molecule has 1 saturated carbocycles. The molecule has 0 saturated heterocycles. The lowest BCUT2D eigenvalue weighted by Gasteiger charge is -2.33. The van der Waals surface area contributed by atoms with Crippen LogP contribution in [0.2, 0.25) is 0 Å². The Morgan fingerprint density at radius 3 is 2.24 bits per heavy atom. The van der Waals surface area contributed by atoms with Gasteiger partial charge in [0, 0.05) is 11.1 Å². The molecule has 3 heteroatoms. The first-order chi connectivity index (χ1) is 7.82. The van der Waals surface area contributed by atoms with Crippen LogP contribution in [0.15, 0.2) is 12.3 Å². The van der Waals surface area contributed by atoms with E-state index in [2.05, 4.69) is 11.9 Å². The zero-order valence-corrected chi connectivity index (χ0v) is 11.4. The van der Waals surface area contributed by atoms with Crippen molar-refractivity contribution in [2.24, 2.45) is 17.1 Å². The summed E-state index contributed by atoms with van der Waals surface area (Å²) in [4.78, 5) is 12.0. The fourth-order valence-electron chi connectivity index (χ4n) is 2.34. The highest BCUT2D eigenvalue weighted by molar-refractivity contribution is 5.81. The number of rotatable bonds is 3. The Bertz CT molecular complexity index is 285. The monoisotopic (exact) mass is 238 g/mol. The maximum absolute atomic E-state index is 12.0. The summed E-state index contributed by atoms with van der Waals surface area (Å²) < 4.78 is 0. The summed E-state index contributed by atoms with van der Waals surface area (Å²) >= 11 is 0. The van der Waals surface area contributed by atoms with Crippen molar-refractivity contribution in [2.45, 2.75) is 58.9 Å². The van der Waals surface area contributed by atoms with Crippen LogP contribution in [-0.2, 0) is 4.79 Å². The molecule has 1 atom stereocenters. The lowest BCUT2D eigenvalue weighted by Crippen LogP contribution is -2.48. The highest BCUT2D eigenvalue weighted by atomic mass is 16.2. The van der Waals surface area contributed by atoms with Crippen LogP contribution in [0.1, 0.15) is 52.9 Å². The summed E-state index contributed by atoms with van der Waals surface area (Å²) in [6.07, 6.45) is 6.06. The fourth-order valence-corrected chi connectivity index (χ4v) is 2.34. The molecule has 1 aliphatic carbocycles. The van der Waals surface area contributed by atoms with E-state index in [9.17, 15) is 4.79 Å². The van der Waals surface area contributed by atoms with E-state index >= 15 is 0 Å². The van der Waals surface area contributed by atoms with Gasteiger partial charge in [0.2, 0.25) is 5.91 Å². The molecule has 0 aromatic rings. The summed E-state index contributed by atoms with van der Waals surface area (Å²) in [6.45, 7) is 9.58. The van der Waals surface area contributed by atoms with Gasteiger partial charge in [-0.1, -0.05) is 46.6 Å². The summed E-state index contributed by atoms with van der Waals surface area (Å²) in [5.41, 5.74) is 6.07. The summed E-state index contributed by atoms with van der Waals surface area (Å²) in [5, 5.41) is 3.06. The van der Waals surface area contributed by atoms with Gasteiger partial charge in [-0.3, -0.25) is 4.79 Å². The number of carbonyl (C=O) groups excluding carboxylic acids is 1. The first kappa shape index (κ1) is 14.1. The number of amides is 1. The molecule has 0 bridgehead atoms. The van der Waals surface area contributed by atoms with E-state index in [0.717, 1.165) is 12.8 Å². The second kappa shape index (κ2) is 5.56. The number of hydrogen-bond donors (Lipinski definition) is 2. The molecule has 0 aromatic heterocycles. The summed E-state index contributed by atoms with van der Waals surface area (Å²) in [5.74, 6) is 0.521. The molecule has 0 spiro atoms. The van der Waals surface area contributed by atoms with Gasteiger partial charge in [0.1, 0.15) is 0 Å². The van der Waals surface area contributed by atoms with Crippen LogP contribution < -0.4 is 11.1 Å². The van der Waals surface area contributed by atoms with Crippen LogP contribution in [-0.4, -0.2) is 11.9 Å². The van der Waals surface area contributed by atoms with Gasteiger partial charge in [0.25, 0.3) is 0 Å². The van der Waals surface area contributed by atoms with Crippen molar-refractivity contribution in [3.63, 3.8) is 0 Å². The van der Waals surface area contributed by atoms with E-state index in [1.807, 2.05) is 20.8 Å². The Morgan fingerprint density at radius 2 is 1.82 bits per heavy atom. The molecule has 0 aliphatic heterocycles. The van der Waals surface area contributed by atoms with Crippen LogP contribution in [0, 0.1) is 11.3 Å². The minimum atomic E-state index is -0.373. The molecule has 1 aliphatic rings. The molecular weight excluding hydrogens is 212 g/mol. The molecule has 0 heterocycles. The van der Waals surface area contributed by atoms with Gasteiger partial charge in [-0.15, -0.1) is 0 Å². The predicted molar refractivity (Wildman–Crippen MR) is 71.3 cm³/mol. The van der Waals surface area contributed by atoms with E-state index in [1.54, 1.807) is 0 Å². The van der Waals surface area contributed by atoms with E-state index in [4.69, 9.17) is 5.73 Å². The third kappa shape index (κ3) is 4.06. The van der Waals surface area contributed by atoms with Crippen molar-refractivity contribution in [2.75, 3.05) is 0 Å². The van der Waals surface area contributed by atoms with Gasteiger partial charge in [-0.2, -0.15) is 0 Å². The lowest BCUT2D eigenvalue weighted by molar-refractivity contribution is -0.129. The zero-order valence-electron chi connectivity index (χ0n) is 11.4. The van der Waals surface area contributed by atoms with Gasteiger partial charge in [-0.25, -0.2) is 0 Å². The highest BCUT2D eigenvalue weighted by Gasteiger charge is 2.30. The standard InChI is InChI=1S/C14H26N2O/c1-10(15)12(11-8-6-5-7-9-11)16-13(17)14(2,3)4/h11-12H,1,5-9,15H2,2-4H3,(H,16,17)/t12-/m1/s1. The molecule has 1 fully saturated rings. The average molecular weight is 238 g/mol. The van der Waals surface area contributed by atoms with Crippen molar-refractivity contribution in [1.82, 2.24) is 5.32 Å². The molecular formula is C14H26N2O. The Morgan fingerprint density at radius 1 is 1.29 bits per heavy atom. The van der Waals surface area contributed by atoms with Crippen molar-refractivity contribution in [1.29, 1.82) is 0 Å². The first-order valence-electron chi connectivity index (χ1n) is 6.57. The lowest BCUT2D eigenvalue weighted by atomic mass is 9.82. The minimum absolute atomic E-state index is 0.0537. The maximum Gasteiger partial charge on any atom is 0.225 e. The first-order valence-corrected chi connectivity index (χ1v) is 6.57. The predicted octanol–water partition coefficient (Wildman–Crippen LogP) is 2.57. The zero-order chi connectivity index (χ0) is 13.1. The van der Waals surface area contributed by atoms with E-state index < -0.39 is 0 Å². The summed E-state index contributed by atoms with van der Waals surface area (Å²) in [6, 6.07) is -0.0537. The topological polar surface area (TPSA) is 55.1 Å². The van der Waals surface area contributed by atoms with Crippen LogP contribution in [0.25, 0.3) is 0 Å². The van der Waals surface area contributed by atoms with Crippen molar-refractivity contribution in [3.8, 4) is 0 Å². The third-order valence-electron chi connectivity index (χ3n) is 3.49. The molecule has 0 aromatic carbocycles. The summed E-state index contributed by atoms with van der Waals surface area (Å²) in [7, 11) is 0. The number of nitrogens with two attached hydrogens (primary N) is 1. The van der Waals surface area contributed by atoms with Gasteiger partial charge in [0.05, 0.1) is 6.04 Å². The van der Waals surface area contributed by atoms with E-state index in [1.165, 1.54) is 19.3 Å². The van der Waals surface area contributed by atoms with Crippen molar-refractivity contribution in [3.05, 3.63) is 12.3 Å². The molecule has 98 valence electrons. The Kier molecular flexibility index (Phi) is 4.61. The molecule has 1 rings (SSSR count). The molecule has 17 heavy (non-hydrogen) atoms. The Hall–Kier alpha value is -0.990. The molecule has 0 radical (unpaired) electrons. The van der Waals surface area contributed by atoms with Crippen LogP contribution >= 0.6 is 0 Å². The SMILES string of the molecule is C=C(N)[C@@H](NC(=O)C(C)(C)C)C1CCCCC1. The minimum Gasteiger partial charge on any atom is -0.401 e. The molecule has 3 N–H and O–H groups in total. The second-order valence-electron chi connectivity index (χ2n) is 6.17. The third-order valence-corrected chi connectivity index (χ3v) is 3.49. The second-order valence-corrected chi connectivity index (χ2v) is 6.17. The van der Waals surface area contributed by atoms with Crippen LogP contribution in [0.3, 0.4) is 0 Å². The van der Waals surface area contributed by atoms with Gasteiger partial charge in [0.15, 0.2) is 0 Å². The van der Waals surface area contributed by atoms with Crippen LogP contribution in [0.4, 0.5) is 0 Å². The molecule has 0 unspecified atom stereocenters. The van der Waals surface area contributed by atoms with Crippen molar-refractivity contribution < 1.29 is 4.79 Å². The van der Waals surface area contributed by atoms with E-state index in [-0.39, 0.29) is 17.4 Å². The maximum atomic E-state index is 12.0. The van der Waals surface area contributed by atoms with Crippen LogP contribution in [0.5, 0.6) is 0 Å². The highest BCUT2D eigenvalue weighted by Crippen LogP contribution is 2.28. The molecule has 3 nitrogen and oxygen atoms in total.